The van der Waals surface area contributed by atoms with E-state index in [0.717, 1.165) is 15.6 Å². The number of nitrogens with zero attached hydrogens (tertiary/aromatic N) is 3. The maximum Gasteiger partial charge on any atom is 0.264 e. The Bertz CT molecular complexity index is 1600. The third-order valence-corrected chi connectivity index (χ3v) is 9.34. The van der Waals surface area contributed by atoms with Crippen LogP contribution in [-0.4, -0.2) is 49.7 Å². The maximum absolute atomic E-state index is 13.7. The summed E-state index contributed by atoms with van der Waals surface area (Å²) >= 11 is 7.57. The molecule has 5 rings (SSSR count). The first-order valence-electron chi connectivity index (χ1n) is 11.5. The van der Waals surface area contributed by atoms with Crippen molar-refractivity contribution < 1.29 is 17.9 Å². The normalized spacial score (nSPS) is 14.5. The van der Waals surface area contributed by atoms with Gasteiger partial charge in [-0.25, -0.2) is 8.42 Å². The summed E-state index contributed by atoms with van der Waals surface area (Å²) in [5.41, 5.74) is 1.06. The Morgan fingerprint density at radius 2 is 1.78 bits per heavy atom. The summed E-state index contributed by atoms with van der Waals surface area (Å²) in [6.45, 7) is 2.63. The number of ether oxygens (including phenoxy) is 1. The summed E-state index contributed by atoms with van der Waals surface area (Å²) in [5.74, 6) is 0.388. The molecule has 3 aromatic carbocycles. The third kappa shape index (κ3) is 5.20. The van der Waals surface area contributed by atoms with Gasteiger partial charge in [0.2, 0.25) is 10.0 Å². The predicted molar refractivity (Wildman–Crippen MR) is 144 cm³/mol. The van der Waals surface area contributed by atoms with Crippen molar-refractivity contribution in [1.29, 1.82) is 5.26 Å². The average molecular weight is 552 g/mol. The van der Waals surface area contributed by atoms with Gasteiger partial charge in [-0.15, -0.1) is 11.3 Å². The molecule has 37 heavy (non-hydrogen) atoms. The zero-order chi connectivity index (χ0) is 26.2. The first-order valence-corrected chi connectivity index (χ1v) is 14.2. The average Bonchev–Trinajstić information content (AvgIpc) is 3.32. The topological polar surface area (TPSA) is 90.7 Å². The number of piperazine rings is 1. The van der Waals surface area contributed by atoms with E-state index in [1.54, 1.807) is 23.1 Å². The van der Waals surface area contributed by atoms with Gasteiger partial charge >= 0.3 is 0 Å². The molecular weight excluding hydrogens is 530 g/mol. The summed E-state index contributed by atoms with van der Waals surface area (Å²) in [6, 6.07) is 21.1. The molecule has 1 aromatic heterocycles. The van der Waals surface area contributed by atoms with Gasteiger partial charge in [0.1, 0.15) is 16.4 Å². The summed E-state index contributed by atoms with van der Waals surface area (Å²) in [6.07, 6.45) is 0. The molecule has 0 atom stereocenters. The van der Waals surface area contributed by atoms with E-state index in [4.69, 9.17) is 16.3 Å². The van der Waals surface area contributed by atoms with Crippen molar-refractivity contribution in [3.63, 3.8) is 0 Å². The van der Waals surface area contributed by atoms with Crippen LogP contribution in [0.15, 0.2) is 71.6 Å². The summed E-state index contributed by atoms with van der Waals surface area (Å²) in [7, 11) is -4.01. The lowest BCUT2D eigenvalue weighted by Crippen LogP contribution is -2.50. The number of hydrogen-bond donors (Lipinski definition) is 0. The number of benzene rings is 3. The van der Waals surface area contributed by atoms with Crippen molar-refractivity contribution in [3.05, 3.63) is 87.8 Å². The van der Waals surface area contributed by atoms with Crippen molar-refractivity contribution in [2.24, 2.45) is 0 Å². The number of carbonyl (C=O) groups is 1. The Labute approximate surface area is 224 Å². The van der Waals surface area contributed by atoms with Crippen molar-refractivity contribution in [1.82, 2.24) is 9.21 Å². The highest BCUT2D eigenvalue weighted by Gasteiger charge is 2.33. The van der Waals surface area contributed by atoms with E-state index in [1.165, 1.54) is 33.8 Å². The van der Waals surface area contributed by atoms with Crippen LogP contribution in [0.25, 0.3) is 10.1 Å². The molecule has 1 aliphatic heterocycles. The Kier molecular flexibility index (Phi) is 6.92. The molecule has 0 N–H and O–H groups in total. The monoisotopic (exact) mass is 551 g/mol. The van der Waals surface area contributed by atoms with Crippen molar-refractivity contribution >= 4 is 49.0 Å². The molecule has 188 valence electrons. The maximum atomic E-state index is 13.7. The lowest BCUT2D eigenvalue weighted by Gasteiger charge is -2.34. The van der Waals surface area contributed by atoms with Crippen LogP contribution in [0.3, 0.4) is 0 Å². The molecule has 7 nitrogen and oxygen atoms in total. The quantitative estimate of drug-likeness (QED) is 0.318. The molecule has 1 aliphatic rings. The van der Waals surface area contributed by atoms with Crippen molar-refractivity contribution in [2.45, 2.75) is 11.8 Å². The molecule has 0 unspecified atom stereocenters. The smallest absolute Gasteiger partial charge is 0.264 e. The number of aryl methyl sites for hydroxylation is 1. The Morgan fingerprint density at radius 1 is 1.03 bits per heavy atom. The highest BCUT2D eigenvalue weighted by atomic mass is 35.5. The number of thiophene rings is 1. The number of halogens is 1. The first-order chi connectivity index (χ1) is 17.7. The molecule has 0 spiro atoms. The van der Waals surface area contributed by atoms with E-state index in [1.807, 2.05) is 43.3 Å². The highest BCUT2D eigenvalue weighted by molar-refractivity contribution is 7.89. The molecule has 10 heteroatoms. The number of carbonyl (C=O) groups excluding carboxylic acids is 1. The van der Waals surface area contributed by atoms with Gasteiger partial charge in [-0.05, 0) is 66.4 Å². The standard InChI is InChI=1S/C27H22ClN3O4S2/c1-18-12-21(28)16-22(13-18)35-23-7-6-19(17-29)14-26(23)37(33,34)31-10-8-30(9-11-31)27(32)25-15-20-4-2-3-5-24(20)36-25/h2-7,12-16H,8-11H2,1H3. The van der Waals surface area contributed by atoms with Gasteiger partial charge in [0.15, 0.2) is 0 Å². The molecule has 1 saturated heterocycles. The lowest BCUT2D eigenvalue weighted by atomic mass is 10.2. The van der Waals surface area contributed by atoms with Crippen molar-refractivity contribution in [3.8, 4) is 17.6 Å². The van der Waals surface area contributed by atoms with Crippen LogP contribution >= 0.6 is 22.9 Å². The minimum absolute atomic E-state index is 0.101. The minimum Gasteiger partial charge on any atom is -0.456 e. The zero-order valence-corrected chi connectivity index (χ0v) is 22.2. The molecule has 1 fully saturated rings. The molecule has 1 amide bonds. The fourth-order valence-electron chi connectivity index (χ4n) is 4.27. The number of hydrogen-bond acceptors (Lipinski definition) is 6. The van der Waals surface area contributed by atoms with Crippen LogP contribution in [-0.2, 0) is 10.0 Å². The number of amides is 1. The van der Waals surface area contributed by atoms with Gasteiger partial charge in [-0.3, -0.25) is 4.79 Å². The van der Waals surface area contributed by atoms with Crippen molar-refractivity contribution in [2.75, 3.05) is 26.2 Å². The van der Waals surface area contributed by atoms with Crippen LogP contribution in [0.4, 0.5) is 0 Å². The second kappa shape index (κ2) is 10.1. The second-order valence-electron chi connectivity index (χ2n) is 8.68. The number of sulfonamides is 1. The molecule has 0 bridgehead atoms. The van der Waals surface area contributed by atoms with E-state index in [0.29, 0.717) is 15.6 Å². The number of rotatable bonds is 5. The lowest BCUT2D eigenvalue weighted by molar-refractivity contribution is 0.0702. The minimum atomic E-state index is -4.01. The largest absolute Gasteiger partial charge is 0.456 e. The summed E-state index contributed by atoms with van der Waals surface area (Å²) in [4.78, 5) is 15.3. The van der Waals surface area contributed by atoms with E-state index in [2.05, 4.69) is 0 Å². The van der Waals surface area contributed by atoms with Crippen LogP contribution in [0, 0.1) is 18.3 Å². The van der Waals surface area contributed by atoms with Crippen LogP contribution in [0.5, 0.6) is 11.5 Å². The molecular formula is C27H22ClN3O4S2. The molecule has 4 aromatic rings. The summed E-state index contributed by atoms with van der Waals surface area (Å²) < 4.78 is 35.6. The number of fused-ring (bicyclic) bond motifs is 1. The third-order valence-electron chi connectivity index (χ3n) is 6.10. The second-order valence-corrected chi connectivity index (χ2v) is 12.1. The fraction of sp³-hybridized carbons (Fsp3) is 0.185. The van der Waals surface area contributed by atoms with Gasteiger partial charge in [0.05, 0.1) is 16.5 Å². The highest BCUT2D eigenvalue weighted by Crippen LogP contribution is 2.34. The Balaban J connectivity index is 1.37. The SMILES string of the molecule is Cc1cc(Cl)cc(Oc2ccc(C#N)cc2S(=O)(=O)N2CCN(C(=O)c3cc4ccccc4s3)CC2)c1. The van der Waals surface area contributed by atoms with Crippen LogP contribution < -0.4 is 4.74 Å². The van der Waals surface area contributed by atoms with E-state index in [9.17, 15) is 18.5 Å². The van der Waals surface area contributed by atoms with Gasteiger partial charge in [0.25, 0.3) is 5.91 Å². The molecule has 0 saturated carbocycles. The summed E-state index contributed by atoms with van der Waals surface area (Å²) in [5, 5.41) is 10.9. The fourth-order valence-corrected chi connectivity index (χ4v) is 7.14. The molecule has 0 aliphatic carbocycles. The predicted octanol–water partition coefficient (Wildman–Crippen LogP) is 5.67. The van der Waals surface area contributed by atoms with Crippen LogP contribution in [0.2, 0.25) is 5.02 Å². The zero-order valence-electron chi connectivity index (χ0n) is 19.8. The van der Waals surface area contributed by atoms with Crippen LogP contribution in [0.1, 0.15) is 20.8 Å². The van der Waals surface area contributed by atoms with Gasteiger partial charge in [0, 0.05) is 35.9 Å². The Hall–Kier alpha value is -3.42. The van der Waals surface area contributed by atoms with E-state index < -0.39 is 10.0 Å². The van der Waals surface area contributed by atoms with E-state index in [-0.39, 0.29) is 48.3 Å². The first kappa shape index (κ1) is 25.2. The van der Waals surface area contributed by atoms with Gasteiger partial charge < -0.3 is 9.64 Å². The number of nitriles is 1. The van der Waals surface area contributed by atoms with Gasteiger partial charge in [-0.2, -0.15) is 9.57 Å². The molecule has 2 heterocycles. The van der Waals surface area contributed by atoms with Gasteiger partial charge in [-0.1, -0.05) is 29.8 Å². The molecule has 0 radical (unpaired) electrons. The van der Waals surface area contributed by atoms with E-state index >= 15 is 0 Å². The Morgan fingerprint density at radius 3 is 2.49 bits per heavy atom.